The van der Waals surface area contributed by atoms with Crippen molar-refractivity contribution in [2.45, 2.75) is 31.3 Å². The van der Waals surface area contributed by atoms with Gasteiger partial charge in [0.25, 0.3) is 0 Å². The number of fused-ring (bicyclic) bond motifs is 1. The van der Waals surface area contributed by atoms with E-state index in [4.69, 9.17) is 4.74 Å². The Bertz CT molecular complexity index is 452. The maximum Gasteiger partial charge on any atom is 0.130 e. The molecule has 0 saturated heterocycles. The molecule has 0 radical (unpaired) electrons. The van der Waals surface area contributed by atoms with Gasteiger partial charge in [-0.15, -0.1) is 0 Å². The van der Waals surface area contributed by atoms with Crippen LogP contribution in [-0.2, 0) is 12.0 Å². The lowest BCUT2D eigenvalue weighted by molar-refractivity contribution is 0.147. The lowest BCUT2D eigenvalue weighted by atomic mass is 9.95. The third kappa shape index (κ3) is 1.61. The molecular formula is C14H19NO2. The molecule has 0 aromatic heterocycles. The number of anilines is 1. The Balaban J connectivity index is 2.14. The van der Waals surface area contributed by atoms with Crippen LogP contribution in [0.4, 0.5) is 5.69 Å². The molecule has 0 amide bonds. The first-order valence-electron chi connectivity index (χ1n) is 6.29. The minimum atomic E-state index is -0.615. The fraction of sp³-hybridized carbons (Fsp3) is 0.571. The van der Waals surface area contributed by atoms with Gasteiger partial charge in [0, 0.05) is 30.4 Å². The van der Waals surface area contributed by atoms with Crippen molar-refractivity contribution in [3.63, 3.8) is 0 Å². The van der Waals surface area contributed by atoms with Crippen molar-refractivity contribution in [2.24, 2.45) is 0 Å². The summed E-state index contributed by atoms with van der Waals surface area (Å²) in [6.07, 6.45) is 3.92. The molecule has 1 N–H and O–H groups in total. The van der Waals surface area contributed by atoms with Gasteiger partial charge in [0.1, 0.15) is 5.75 Å². The lowest BCUT2D eigenvalue weighted by Gasteiger charge is -2.30. The van der Waals surface area contributed by atoms with Gasteiger partial charge in [-0.3, -0.25) is 0 Å². The highest BCUT2D eigenvalue weighted by Crippen LogP contribution is 2.51. The molecule has 3 heteroatoms. The van der Waals surface area contributed by atoms with Gasteiger partial charge in [0.15, 0.2) is 0 Å². The first-order valence-corrected chi connectivity index (χ1v) is 6.29. The first kappa shape index (κ1) is 10.9. The molecular weight excluding hydrogens is 214 g/mol. The van der Waals surface area contributed by atoms with Crippen LogP contribution in [0.2, 0.25) is 0 Å². The third-order valence-corrected chi connectivity index (χ3v) is 4.00. The molecule has 2 aliphatic rings. The molecule has 1 fully saturated rings. The van der Waals surface area contributed by atoms with Gasteiger partial charge in [-0.05, 0) is 31.7 Å². The lowest BCUT2D eigenvalue weighted by Crippen LogP contribution is -2.25. The molecule has 92 valence electrons. The monoisotopic (exact) mass is 233 g/mol. The van der Waals surface area contributed by atoms with E-state index in [-0.39, 0.29) is 0 Å². The molecule has 1 saturated carbocycles. The van der Waals surface area contributed by atoms with Gasteiger partial charge in [0.05, 0.1) is 12.7 Å². The Morgan fingerprint density at radius 1 is 1.35 bits per heavy atom. The molecule has 1 aliphatic heterocycles. The highest BCUT2D eigenvalue weighted by atomic mass is 16.5. The van der Waals surface area contributed by atoms with E-state index in [1.165, 1.54) is 11.3 Å². The van der Waals surface area contributed by atoms with Gasteiger partial charge in [0.2, 0.25) is 0 Å². The van der Waals surface area contributed by atoms with Crippen LogP contribution in [0.3, 0.4) is 0 Å². The summed E-state index contributed by atoms with van der Waals surface area (Å²) < 4.78 is 5.57. The number of ether oxygens (including phenoxy) is 1. The summed E-state index contributed by atoms with van der Waals surface area (Å²) in [5.41, 5.74) is 2.88. The molecule has 1 heterocycles. The Labute approximate surface area is 102 Å². The fourth-order valence-corrected chi connectivity index (χ4v) is 2.82. The maximum atomic E-state index is 10.3. The van der Waals surface area contributed by atoms with E-state index in [9.17, 15) is 5.11 Å². The number of benzene rings is 1. The number of rotatable bonds is 2. The molecule has 1 aromatic rings. The second kappa shape index (κ2) is 3.64. The number of aliphatic hydroxyl groups is 1. The summed E-state index contributed by atoms with van der Waals surface area (Å²) >= 11 is 0. The molecule has 0 bridgehead atoms. The molecule has 17 heavy (non-hydrogen) atoms. The van der Waals surface area contributed by atoms with Crippen molar-refractivity contribution in [3.05, 3.63) is 23.3 Å². The second-order valence-corrected chi connectivity index (χ2v) is 5.20. The van der Waals surface area contributed by atoms with Gasteiger partial charge in [-0.2, -0.15) is 0 Å². The van der Waals surface area contributed by atoms with E-state index in [2.05, 4.69) is 18.0 Å². The van der Waals surface area contributed by atoms with Crippen LogP contribution in [0.5, 0.6) is 5.75 Å². The second-order valence-electron chi connectivity index (χ2n) is 5.20. The number of hydrogen-bond acceptors (Lipinski definition) is 3. The number of nitrogens with zero attached hydrogens (tertiary/aromatic N) is 1. The largest absolute Gasteiger partial charge is 0.496 e. The highest BCUT2D eigenvalue weighted by Gasteiger charge is 2.45. The van der Waals surface area contributed by atoms with Gasteiger partial charge in [-0.1, -0.05) is 6.07 Å². The van der Waals surface area contributed by atoms with Crippen LogP contribution < -0.4 is 9.64 Å². The summed E-state index contributed by atoms with van der Waals surface area (Å²) in [5, 5.41) is 10.3. The zero-order valence-corrected chi connectivity index (χ0v) is 10.5. The van der Waals surface area contributed by atoms with E-state index in [1.54, 1.807) is 7.11 Å². The molecule has 1 aromatic carbocycles. The number of methoxy groups -OCH3 is 1. The zero-order valence-electron chi connectivity index (χ0n) is 10.5. The predicted molar refractivity (Wildman–Crippen MR) is 67.7 cm³/mol. The quantitative estimate of drug-likeness (QED) is 0.848. The molecule has 3 nitrogen and oxygen atoms in total. The van der Waals surface area contributed by atoms with Crippen molar-refractivity contribution < 1.29 is 9.84 Å². The van der Waals surface area contributed by atoms with Crippen LogP contribution in [0.25, 0.3) is 0 Å². The van der Waals surface area contributed by atoms with E-state index in [0.29, 0.717) is 0 Å². The van der Waals surface area contributed by atoms with Crippen LogP contribution in [0.1, 0.15) is 30.4 Å². The fourth-order valence-electron chi connectivity index (χ4n) is 2.82. The topological polar surface area (TPSA) is 32.7 Å². The van der Waals surface area contributed by atoms with Crippen molar-refractivity contribution in [1.29, 1.82) is 0 Å². The van der Waals surface area contributed by atoms with Crippen LogP contribution in [-0.4, -0.2) is 25.8 Å². The van der Waals surface area contributed by atoms with Crippen molar-refractivity contribution in [2.75, 3.05) is 25.6 Å². The molecule has 0 spiro atoms. The average Bonchev–Trinajstić information content (AvgIpc) is 3.07. The third-order valence-electron chi connectivity index (χ3n) is 4.00. The first-order chi connectivity index (χ1) is 8.15. The van der Waals surface area contributed by atoms with E-state index in [1.807, 2.05) is 6.07 Å². The van der Waals surface area contributed by atoms with Crippen LogP contribution >= 0.6 is 0 Å². The van der Waals surface area contributed by atoms with Gasteiger partial charge >= 0.3 is 0 Å². The van der Waals surface area contributed by atoms with Crippen molar-refractivity contribution >= 4 is 5.69 Å². The molecule has 0 unspecified atom stereocenters. The van der Waals surface area contributed by atoms with E-state index < -0.39 is 5.60 Å². The van der Waals surface area contributed by atoms with Gasteiger partial charge < -0.3 is 14.7 Å². The maximum absolute atomic E-state index is 10.3. The minimum Gasteiger partial charge on any atom is -0.496 e. The van der Waals surface area contributed by atoms with Gasteiger partial charge in [-0.25, -0.2) is 0 Å². The molecule has 0 atom stereocenters. The van der Waals surface area contributed by atoms with Crippen LogP contribution in [0.15, 0.2) is 12.1 Å². The Morgan fingerprint density at radius 3 is 2.76 bits per heavy atom. The van der Waals surface area contributed by atoms with E-state index in [0.717, 1.165) is 43.5 Å². The summed E-state index contributed by atoms with van der Waals surface area (Å²) in [6.45, 7) is 1.10. The SMILES string of the molecule is COc1c(C2(O)CC2)ccc2c1CCCN2C. The van der Waals surface area contributed by atoms with Crippen molar-refractivity contribution in [3.8, 4) is 5.75 Å². The van der Waals surface area contributed by atoms with Crippen molar-refractivity contribution in [1.82, 2.24) is 0 Å². The summed E-state index contributed by atoms with van der Waals surface area (Å²) in [4.78, 5) is 2.27. The Kier molecular flexibility index (Phi) is 2.33. The molecule has 3 rings (SSSR count). The average molecular weight is 233 g/mol. The zero-order chi connectivity index (χ0) is 12.0. The summed E-state index contributed by atoms with van der Waals surface area (Å²) in [5.74, 6) is 0.911. The Hall–Kier alpha value is -1.22. The normalized spacial score (nSPS) is 21.0. The van der Waals surface area contributed by atoms with E-state index >= 15 is 0 Å². The van der Waals surface area contributed by atoms with Crippen LogP contribution in [0, 0.1) is 0 Å². The smallest absolute Gasteiger partial charge is 0.130 e. The predicted octanol–water partition coefficient (Wildman–Crippen LogP) is 2.06. The summed E-state index contributed by atoms with van der Waals surface area (Å²) in [7, 11) is 3.82. The minimum absolute atomic E-state index is 0.615. The standard InChI is InChI=1S/C14H19NO2/c1-15-9-3-4-10-12(15)6-5-11(13(10)17-2)14(16)7-8-14/h5-6,16H,3-4,7-9H2,1-2H3. The summed E-state index contributed by atoms with van der Waals surface area (Å²) in [6, 6.07) is 4.16. The molecule has 1 aliphatic carbocycles. The number of hydrogen-bond donors (Lipinski definition) is 1. The Morgan fingerprint density at radius 2 is 2.12 bits per heavy atom. The highest BCUT2D eigenvalue weighted by molar-refractivity contribution is 5.64.